The number of aliphatic hydroxyl groups is 4. The molecule has 0 aromatic carbocycles. The van der Waals surface area contributed by atoms with Crippen molar-refractivity contribution in [2.75, 3.05) is 26.3 Å². The minimum Gasteiger partial charge on any atom is -0.444 e. The summed E-state index contributed by atoms with van der Waals surface area (Å²) >= 11 is 0. The van der Waals surface area contributed by atoms with Crippen LogP contribution >= 0.6 is 0 Å². The molecule has 176 valence electrons. The van der Waals surface area contributed by atoms with Crippen molar-refractivity contribution in [1.29, 1.82) is 0 Å². The van der Waals surface area contributed by atoms with Gasteiger partial charge in [-0.25, -0.2) is 9.59 Å². The molecule has 2 fully saturated rings. The van der Waals surface area contributed by atoms with Gasteiger partial charge < -0.3 is 39.7 Å². The Balaban J connectivity index is 0.000000300. The molecule has 4 atom stereocenters. The third-order valence-electron chi connectivity index (χ3n) is 4.65. The first-order valence-corrected chi connectivity index (χ1v) is 10.3. The van der Waals surface area contributed by atoms with Gasteiger partial charge in [-0.1, -0.05) is 0 Å². The third-order valence-corrected chi connectivity index (χ3v) is 4.65. The van der Waals surface area contributed by atoms with E-state index in [1.54, 1.807) is 41.5 Å². The lowest BCUT2D eigenvalue weighted by Gasteiger charge is -2.28. The summed E-state index contributed by atoms with van der Waals surface area (Å²) in [7, 11) is 0. The van der Waals surface area contributed by atoms with Gasteiger partial charge in [-0.15, -0.1) is 0 Å². The molecule has 0 saturated carbocycles. The van der Waals surface area contributed by atoms with Crippen LogP contribution in [0, 0.1) is 0 Å². The summed E-state index contributed by atoms with van der Waals surface area (Å²) in [4.78, 5) is 26.1. The molecule has 0 aliphatic carbocycles. The topological polar surface area (TPSA) is 140 Å². The maximum Gasteiger partial charge on any atom is 0.410 e. The van der Waals surface area contributed by atoms with Crippen LogP contribution in [0.25, 0.3) is 0 Å². The number of hydrogen-bond donors (Lipinski definition) is 4. The molecule has 0 aromatic heterocycles. The van der Waals surface area contributed by atoms with Crippen LogP contribution in [-0.4, -0.2) is 104 Å². The Morgan fingerprint density at radius 2 is 1.07 bits per heavy atom. The Hall–Kier alpha value is -1.62. The number of hydrogen-bond acceptors (Lipinski definition) is 8. The van der Waals surface area contributed by atoms with Crippen LogP contribution in [0.5, 0.6) is 0 Å². The van der Waals surface area contributed by atoms with Crippen molar-refractivity contribution in [2.45, 2.75) is 89.9 Å². The Morgan fingerprint density at radius 1 is 0.767 bits per heavy atom. The summed E-state index contributed by atoms with van der Waals surface area (Å²) < 4.78 is 10.3. The Morgan fingerprint density at radius 3 is 1.30 bits per heavy atom. The fraction of sp³-hybridized carbons (Fsp3) is 0.900. The Bertz CT molecular complexity index is 522. The number of likely N-dealkylation sites (tertiary alicyclic amines) is 2. The second-order valence-electron chi connectivity index (χ2n) is 9.56. The summed E-state index contributed by atoms with van der Waals surface area (Å²) in [6.45, 7) is 11.1. The van der Waals surface area contributed by atoms with E-state index < -0.39 is 47.7 Å². The molecular formula is C20H38N2O8. The standard InChI is InChI=1S/2C10H19NO4/c2*1-10(2,3)15-9(14)11-5-4-8(13)7(11)6-12/h2*7-8,12-13H,4-6H2,1-3H3/t2*7-,8-/m10/s1. The maximum absolute atomic E-state index is 11.7. The van der Waals surface area contributed by atoms with Crippen LogP contribution in [0.15, 0.2) is 0 Å². The number of amides is 2. The van der Waals surface area contributed by atoms with Gasteiger partial charge in [0.05, 0.1) is 37.5 Å². The first-order valence-electron chi connectivity index (χ1n) is 10.3. The van der Waals surface area contributed by atoms with Gasteiger partial charge in [0.2, 0.25) is 0 Å². The molecule has 10 nitrogen and oxygen atoms in total. The van der Waals surface area contributed by atoms with Gasteiger partial charge >= 0.3 is 12.2 Å². The molecular weight excluding hydrogens is 396 g/mol. The van der Waals surface area contributed by atoms with Crippen LogP contribution in [-0.2, 0) is 9.47 Å². The number of carbonyl (C=O) groups is 2. The summed E-state index contributed by atoms with van der Waals surface area (Å²) in [6.07, 6.45) is -1.27. The number of carbonyl (C=O) groups excluding carboxylic acids is 2. The normalized spacial score (nSPS) is 26.9. The van der Waals surface area contributed by atoms with Gasteiger partial charge in [0.25, 0.3) is 0 Å². The second-order valence-corrected chi connectivity index (χ2v) is 9.56. The quantitative estimate of drug-likeness (QED) is 0.498. The SMILES string of the molecule is CC(C)(C)OC(=O)N1CC[C@@H](O)[C@H]1CO.CC(C)(C)OC(=O)N1CC[C@H](O)[C@@H]1CO. The largest absolute Gasteiger partial charge is 0.444 e. The zero-order valence-corrected chi connectivity index (χ0v) is 18.9. The van der Waals surface area contributed by atoms with E-state index >= 15 is 0 Å². The molecule has 0 spiro atoms. The molecule has 0 bridgehead atoms. The van der Waals surface area contributed by atoms with E-state index in [0.717, 1.165) is 0 Å². The maximum atomic E-state index is 11.7. The van der Waals surface area contributed by atoms with Crippen molar-refractivity contribution in [2.24, 2.45) is 0 Å². The van der Waals surface area contributed by atoms with Crippen molar-refractivity contribution < 1.29 is 39.5 Å². The number of aliphatic hydroxyl groups excluding tert-OH is 4. The second kappa shape index (κ2) is 10.6. The molecule has 30 heavy (non-hydrogen) atoms. The van der Waals surface area contributed by atoms with Gasteiger partial charge in [-0.2, -0.15) is 0 Å². The van der Waals surface area contributed by atoms with Gasteiger partial charge in [-0.3, -0.25) is 0 Å². The van der Waals surface area contributed by atoms with E-state index in [1.807, 2.05) is 0 Å². The molecule has 0 aromatic rings. The number of nitrogens with zero attached hydrogens (tertiary/aromatic N) is 2. The van der Waals surface area contributed by atoms with E-state index in [2.05, 4.69) is 0 Å². The van der Waals surface area contributed by atoms with Gasteiger partial charge in [0, 0.05) is 13.1 Å². The highest BCUT2D eigenvalue weighted by atomic mass is 16.6. The van der Waals surface area contributed by atoms with Crippen LogP contribution in [0.4, 0.5) is 9.59 Å². The van der Waals surface area contributed by atoms with Gasteiger partial charge in [-0.05, 0) is 54.4 Å². The minimum absolute atomic E-state index is 0.236. The van der Waals surface area contributed by atoms with Gasteiger partial charge in [0.15, 0.2) is 0 Å². The zero-order chi connectivity index (χ0) is 23.3. The van der Waals surface area contributed by atoms with Crippen LogP contribution in [0.2, 0.25) is 0 Å². The van der Waals surface area contributed by atoms with Gasteiger partial charge in [0.1, 0.15) is 11.2 Å². The van der Waals surface area contributed by atoms with Crippen molar-refractivity contribution in [1.82, 2.24) is 9.80 Å². The lowest BCUT2D eigenvalue weighted by Crippen LogP contribution is -2.44. The first-order chi connectivity index (χ1) is 13.7. The van der Waals surface area contributed by atoms with E-state index in [0.29, 0.717) is 25.9 Å². The molecule has 2 aliphatic heterocycles. The highest BCUT2D eigenvalue weighted by molar-refractivity contribution is 5.69. The lowest BCUT2D eigenvalue weighted by atomic mass is 10.2. The smallest absolute Gasteiger partial charge is 0.410 e. The number of ether oxygens (including phenoxy) is 2. The fourth-order valence-electron chi connectivity index (χ4n) is 3.21. The predicted octanol–water partition coefficient (Wildman–Crippen LogP) is 0.698. The van der Waals surface area contributed by atoms with E-state index in [-0.39, 0.29) is 13.2 Å². The first kappa shape index (κ1) is 26.4. The fourth-order valence-corrected chi connectivity index (χ4v) is 3.21. The molecule has 2 heterocycles. The Labute approximate surface area is 178 Å². The average molecular weight is 435 g/mol. The third kappa shape index (κ3) is 7.90. The molecule has 2 amide bonds. The Kier molecular flexibility index (Phi) is 9.34. The van der Waals surface area contributed by atoms with Crippen molar-refractivity contribution in [3.05, 3.63) is 0 Å². The molecule has 2 aliphatic rings. The molecule has 2 saturated heterocycles. The molecule has 4 N–H and O–H groups in total. The van der Waals surface area contributed by atoms with Crippen LogP contribution in [0.1, 0.15) is 54.4 Å². The van der Waals surface area contributed by atoms with E-state index in [1.165, 1.54) is 9.80 Å². The zero-order valence-electron chi connectivity index (χ0n) is 18.9. The molecule has 0 unspecified atom stereocenters. The highest BCUT2D eigenvalue weighted by Gasteiger charge is 2.38. The average Bonchev–Trinajstić information content (AvgIpc) is 3.14. The van der Waals surface area contributed by atoms with Crippen molar-refractivity contribution in [3.63, 3.8) is 0 Å². The van der Waals surface area contributed by atoms with Crippen molar-refractivity contribution >= 4 is 12.2 Å². The lowest BCUT2D eigenvalue weighted by molar-refractivity contribution is 0.00615. The highest BCUT2D eigenvalue weighted by Crippen LogP contribution is 2.22. The van der Waals surface area contributed by atoms with E-state index in [9.17, 15) is 19.8 Å². The molecule has 0 radical (unpaired) electrons. The summed E-state index contributed by atoms with van der Waals surface area (Å²) in [5, 5.41) is 37.1. The van der Waals surface area contributed by atoms with E-state index in [4.69, 9.17) is 19.7 Å². The number of rotatable bonds is 2. The minimum atomic E-state index is -0.650. The van der Waals surface area contributed by atoms with Crippen LogP contribution < -0.4 is 0 Å². The van der Waals surface area contributed by atoms with Crippen LogP contribution in [0.3, 0.4) is 0 Å². The monoisotopic (exact) mass is 434 g/mol. The summed E-state index contributed by atoms with van der Waals surface area (Å²) in [5.74, 6) is 0. The predicted molar refractivity (Wildman–Crippen MR) is 109 cm³/mol. The van der Waals surface area contributed by atoms with Crippen molar-refractivity contribution in [3.8, 4) is 0 Å². The summed E-state index contributed by atoms with van der Waals surface area (Å²) in [6, 6.07) is -1.06. The summed E-state index contributed by atoms with van der Waals surface area (Å²) in [5.41, 5.74) is -1.10. The molecule has 10 heteroatoms. The molecule has 2 rings (SSSR count).